The Morgan fingerprint density at radius 3 is 1.36 bits per heavy atom. The molecule has 1 aromatic heterocycles. The van der Waals surface area contributed by atoms with Gasteiger partial charge in [-0.15, -0.1) is 0 Å². The molecule has 0 atom stereocenters. The Morgan fingerprint density at radius 2 is 0.929 bits per heavy atom. The lowest BCUT2D eigenvalue weighted by Crippen LogP contribution is -3.00. The number of hydrogen-bond acceptors (Lipinski definition) is 0. The number of pyridine rings is 1. The molecule has 2 heteroatoms. The van der Waals surface area contributed by atoms with E-state index < -0.39 is 0 Å². The molecule has 0 aromatic carbocycles. The Balaban J connectivity index is 0.00000729. The van der Waals surface area contributed by atoms with Gasteiger partial charge in [-0.1, -0.05) is 116 Å². The lowest BCUT2D eigenvalue weighted by molar-refractivity contribution is -0.568. The molecule has 0 unspecified atom stereocenters. The molecule has 1 nitrogen and oxygen atoms in total. The van der Waals surface area contributed by atoms with Gasteiger partial charge in [-0.3, -0.25) is 0 Å². The molecule has 0 aliphatic carbocycles. The van der Waals surface area contributed by atoms with E-state index in [1.54, 1.807) is 0 Å². The molecule has 1 heterocycles. The Kier molecular flexibility index (Phi) is 22.6. The number of hydrogen-bond donors (Lipinski definition) is 0. The van der Waals surface area contributed by atoms with Gasteiger partial charge in [0, 0.05) is 12.1 Å². The molecule has 0 aliphatic heterocycles. The van der Waals surface area contributed by atoms with Gasteiger partial charge in [-0.05, 0) is 18.9 Å². The third-order valence-corrected chi connectivity index (χ3v) is 5.49. The zero-order valence-corrected chi connectivity index (χ0v) is 20.8. The van der Waals surface area contributed by atoms with Gasteiger partial charge in [0.1, 0.15) is 0 Å². The Hall–Kier alpha value is -0.380. The molecule has 0 amide bonds. The predicted octanol–water partition coefficient (Wildman–Crippen LogP) is 5.49. The molecule has 0 spiro atoms. The maximum absolute atomic E-state index is 2.30. The van der Waals surface area contributed by atoms with Crippen LogP contribution in [0.3, 0.4) is 0 Å². The lowest BCUT2D eigenvalue weighted by Gasteiger charge is -2.03. The predicted molar refractivity (Wildman–Crippen MR) is 121 cm³/mol. The van der Waals surface area contributed by atoms with Gasteiger partial charge >= 0.3 is 0 Å². The molecule has 0 saturated heterocycles. The Bertz CT molecular complexity index is 429. The van der Waals surface area contributed by atoms with E-state index in [2.05, 4.69) is 54.4 Å². The van der Waals surface area contributed by atoms with Gasteiger partial charge in [-0.25, -0.2) is 0 Å². The highest BCUT2D eigenvalue weighted by atomic mass is 127. The largest absolute Gasteiger partial charge is 1.00 e. The number of nitrogens with zero attached hydrogens (tertiary/aromatic N) is 1. The molecule has 28 heavy (non-hydrogen) atoms. The van der Waals surface area contributed by atoms with Crippen molar-refractivity contribution in [1.29, 1.82) is 0 Å². The van der Waals surface area contributed by atoms with Gasteiger partial charge in [0.05, 0.1) is 0 Å². The summed E-state index contributed by atoms with van der Waals surface area (Å²) in [7, 11) is 0. The van der Waals surface area contributed by atoms with E-state index >= 15 is 0 Å². The highest BCUT2D eigenvalue weighted by Gasteiger charge is 1.95. The van der Waals surface area contributed by atoms with E-state index in [1.165, 1.54) is 116 Å². The maximum Gasteiger partial charge on any atom is 0.174 e. The van der Waals surface area contributed by atoms with E-state index in [0.717, 1.165) is 0 Å². The van der Waals surface area contributed by atoms with Crippen LogP contribution in [-0.2, 0) is 0 Å². The minimum absolute atomic E-state index is 0. The number of halogens is 1. The van der Waals surface area contributed by atoms with Gasteiger partial charge < -0.3 is 24.0 Å². The topological polar surface area (TPSA) is 3.88 Å². The molecular formula is C26H46IN. The summed E-state index contributed by atoms with van der Waals surface area (Å²) in [6, 6.07) is 6.20. The summed E-state index contributed by atoms with van der Waals surface area (Å²) >= 11 is 0. The van der Waals surface area contributed by atoms with Crippen LogP contribution in [0.5, 0.6) is 0 Å². The molecular weight excluding hydrogens is 453 g/mol. The van der Waals surface area contributed by atoms with Crippen molar-refractivity contribution in [3.8, 4) is 0 Å². The monoisotopic (exact) mass is 499 g/mol. The molecule has 0 radical (unpaired) electrons. The number of unbranched alkanes of at least 4 members (excludes halogenated alkanes) is 17. The third-order valence-electron chi connectivity index (χ3n) is 5.49. The average Bonchev–Trinajstić information content (AvgIpc) is 2.70. The number of allylic oxidation sites excluding steroid dienone is 1. The minimum Gasteiger partial charge on any atom is -1.00 e. The minimum atomic E-state index is 0. The summed E-state index contributed by atoms with van der Waals surface area (Å²) in [5.74, 6) is 0. The first kappa shape index (κ1) is 27.6. The van der Waals surface area contributed by atoms with Crippen molar-refractivity contribution in [2.24, 2.45) is 0 Å². The van der Waals surface area contributed by atoms with Crippen LogP contribution < -0.4 is 28.5 Å². The molecule has 1 rings (SSSR count). The Morgan fingerprint density at radius 1 is 0.536 bits per heavy atom. The van der Waals surface area contributed by atoms with Crippen LogP contribution in [0.2, 0.25) is 0 Å². The van der Waals surface area contributed by atoms with Gasteiger partial charge in [0.2, 0.25) is 0 Å². The van der Waals surface area contributed by atoms with E-state index in [0.29, 0.717) is 0 Å². The molecule has 0 fully saturated rings. The molecule has 0 N–H and O–H groups in total. The van der Waals surface area contributed by atoms with Crippen molar-refractivity contribution in [3.63, 3.8) is 0 Å². The fourth-order valence-electron chi connectivity index (χ4n) is 3.69. The van der Waals surface area contributed by atoms with Crippen LogP contribution in [0, 0.1) is 0 Å². The van der Waals surface area contributed by atoms with Crippen LogP contribution in [0.25, 0.3) is 6.20 Å². The van der Waals surface area contributed by atoms with Crippen LogP contribution in [0.15, 0.2) is 36.7 Å². The Labute approximate surface area is 193 Å². The molecule has 162 valence electrons. The van der Waals surface area contributed by atoms with Crippen LogP contribution in [0.1, 0.15) is 122 Å². The van der Waals surface area contributed by atoms with Crippen molar-refractivity contribution in [2.45, 2.75) is 122 Å². The summed E-state index contributed by atoms with van der Waals surface area (Å²) in [6.07, 6.45) is 34.4. The summed E-state index contributed by atoms with van der Waals surface area (Å²) in [5.41, 5.74) is 0. The van der Waals surface area contributed by atoms with Crippen molar-refractivity contribution < 1.29 is 28.5 Å². The number of aromatic nitrogens is 1. The van der Waals surface area contributed by atoms with E-state index in [-0.39, 0.29) is 24.0 Å². The lowest BCUT2D eigenvalue weighted by atomic mass is 10.0. The quantitative estimate of drug-likeness (QED) is 0.135. The normalized spacial score (nSPS) is 11.0. The van der Waals surface area contributed by atoms with Gasteiger partial charge in [0.15, 0.2) is 18.6 Å². The molecule has 1 aromatic rings. The maximum atomic E-state index is 2.30. The molecule has 0 saturated carbocycles. The standard InChI is InChI=1S/C26H46N.HI/c1-2-3-4-5-6-7-8-9-10-11-12-13-14-15-16-17-18-19-21-24-27-25-22-20-23-26-27;/h20-26H,2-19H2,1H3;1H/q+1;/p-1. The SMILES string of the molecule is CCCCCCCCCCCCCCCCCCCC=C[n+]1ccccc1.[I-]. The molecule has 0 aliphatic rings. The van der Waals surface area contributed by atoms with Crippen molar-refractivity contribution >= 4 is 6.20 Å². The van der Waals surface area contributed by atoms with Crippen molar-refractivity contribution in [2.75, 3.05) is 0 Å². The average molecular weight is 500 g/mol. The van der Waals surface area contributed by atoms with E-state index in [9.17, 15) is 0 Å². The zero-order chi connectivity index (χ0) is 19.3. The fourth-order valence-corrected chi connectivity index (χ4v) is 3.69. The second-order valence-electron chi connectivity index (χ2n) is 8.15. The number of rotatable bonds is 19. The second-order valence-corrected chi connectivity index (χ2v) is 8.15. The van der Waals surface area contributed by atoms with Crippen LogP contribution in [0.4, 0.5) is 0 Å². The second kappa shape index (κ2) is 22.9. The molecule has 0 bridgehead atoms. The summed E-state index contributed by atoms with van der Waals surface area (Å²) in [5, 5.41) is 0. The zero-order valence-electron chi connectivity index (χ0n) is 18.6. The van der Waals surface area contributed by atoms with E-state index in [1.807, 2.05) is 0 Å². The van der Waals surface area contributed by atoms with Gasteiger partial charge in [-0.2, -0.15) is 4.57 Å². The van der Waals surface area contributed by atoms with Crippen molar-refractivity contribution in [1.82, 2.24) is 0 Å². The van der Waals surface area contributed by atoms with Crippen molar-refractivity contribution in [3.05, 3.63) is 36.7 Å². The van der Waals surface area contributed by atoms with Crippen LogP contribution >= 0.6 is 0 Å². The summed E-state index contributed by atoms with van der Waals surface area (Å²) in [6.45, 7) is 2.30. The third kappa shape index (κ3) is 19.0. The highest BCUT2D eigenvalue weighted by Crippen LogP contribution is 2.14. The van der Waals surface area contributed by atoms with Gasteiger partial charge in [0.25, 0.3) is 0 Å². The first-order valence-electron chi connectivity index (χ1n) is 12.1. The highest BCUT2D eigenvalue weighted by molar-refractivity contribution is 5.06. The first-order chi connectivity index (χ1) is 13.4. The van der Waals surface area contributed by atoms with Crippen LogP contribution in [-0.4, -0.2) is 0 Å². The summed E-state index contributed by atoms with van der Waals surface area (Å²) < 4.78 is 2.12. The first-order valence-corrected chi connectivity index (χ1v) is 12.1. The summed E-state index contributed by atoms with van der Waals surface area (Å²) in [4.78, 5) is 0. The fraction of sp³-hybridized carbons (Fsp3) is 0.731. The smallest absolute Gasteiger partial charge is 0.174 e. The van der Waals surface area contributed by atoms with E-state index in [4.69, 9.17) is 0 Å².